The molecule has 0 aliphatic carbocycles. The van der Waals surface area contributed by atoms with Crippen LogP contribution in [0.3, 0.4) is 0 Å². The monoisotopic (exact) mass is 1060 g/mol. The third-order valence-corrected chi connectivity index (χ3v) is 16.3. The van der Waals surface area contributed by atoms with Gasteiger partial charge in [-0.25, -0.2) is 0 Å². The predicted molar refractivity (Wildman–Crippen MR) is 343 cm³/mol. The zero-order chi connectivity index (χ0) is 55.3. The van der Waals surface area contributed by atoms with Crippen molar-refractivity contribution in [2.75, 3.05) is 20.6 Å². The molecule has 0 radical (unpaired) electrons. The molecule has 0 aromatic rings. The first kappa shape index (κ1) is 78.6. The lowest BCUT2D eigenvalue weighted by atomic mass is 10.00. The van der Waals surface area contributed by atoms with E-state index in [9.17, 15) is 4.79 Å². The summed E-state index contributed by atoms with van der Waals surface area (Å²) < 4.78 is 0. The topological polar surface area (TPSA) is 66.6 Å². The second-order valence-corrected chi connectivity index (χ2v) is 24.7. The Kier molecular flexibility index (Phi) is 79.1. The van der Waals surface area contributed by atoms with Crippen LogP contribution in [-0.2, 0) is 4.79 Å². The first-order valence-corrected chi connectivity index (χ1v) is 35.5. The Balaban J connectivity index is -0.00000117. The van der Waals surface area contributed by atoms with Crippen LogP contribution < -0.4 is 5.73 Å². The van der Waals surface area contributed by atoms with Gasteiger partial charge in [0.2, 0.25) is 0 Å². The maximum Gasteiger partial charge on any atom is 0.303 e. The van der Waals surface area contributed by atoms with Gasteiger partial charge in [-0.05, 0) is 46.3 Å². The normalized spacial score (nSPS) is 11.4. The number of aliphatic carboxylic acids is 1. The number of nitrogens with zero attached hydrogens (tertiary/aromatic N) is 1. The molecule has 0 atom stereocenters. The third kappa shape index (κ3) is 84.9. The minimum absolute atomic E-state index is 0.344. The summed E-state index contributed by atoms with van der Waals surface area (Å²) in [5, 5.41) is 8.46. The minimum atomic E-state index is -0.657. The van der Waals surface area contributed by atoms with Gasteiger partial charge in [-0.2, -0.15) is 0 Å². The zero-order valence-corrected chi connectivity index (χ0v) is 53.5. The number of nitrogens with two attached hydrogens (primary N) is 1. The van der Waals surface area contributed by atoms with E-state index in [4.69, 9.17) is 10.8 Å². The highest BCUT2D eigenvalue weighted by molar-refractivity contribution is 5.66. The molecule has 454 valence electrons. The average Bonchev–Trinajstić information content (AvgIpc) is 3.40. The third-order valence-electron chi connectivity index (χ3n) is 16.3. The fraction of sp³-hybridized carbons (Fsp3) is 0.986. The minimum Gasteiger partial charge on any atom is -0.481 e. The largest absolute Gasteiger partial charge is 0.481 e. The second kappa shape index (κ2) is 75.5. The summed E-state index contributed by atoms with van der Waals surface area (Å²) in [5.74, 6) is -0.657. The van der Waals surface area contributed by atoms with Crippen LogP contribution in [0.4, 0.5) is 0 Å². The van der Waals surface area contributed by atoms with E-state index in [-0.39, 0.29) is 0 Å². The fourth-order valence-corrected chi connectivity index (χ4v) is 11.0. The Labute approximate surface area is 476 Å². The van der Waals surface area contributed by atoms with E-state index >= 15 is 0 Å². The lowest BCUT2D eigenvalue weighted by molar-refractivity contribution is -0.137. The molecular formula is C71H148N2O2. The van der Waals surface area contributed by atoms with E-state index in [1.807, 2.05) is 0 Å². The standard InChI is InChI=1S/C37H77N.C20H43N.C14H28O2/c1-3-5-7-9-11-13-15-17-19-21-23-25-27-29-31-33-35-37(38)36-34-32-30-28-26-24-22-20-18-16-14-12-10-8-6-4-2;1-4-5-6-7-8-9-10-11-12-13-14-15-16-17-18-19-20-21(2)3;1-2-3-4-5-6-7-8-9-10-11-12-13-14(15)16/h37H,3-36,38H2,1-2H3;4-20H2,1-3H3;2-13H2,1H3,(H,15,16). The van der Waals surface area contributed by atoms with Gasteiger partial charge >= 0.3 is 5.97 Å². The number of rotatable bonds is 63. The summed E-state index contributed by atoms with van der Waals surface area (Å²) in [6.07, 6.45) is 86.5. The van der Waals surface area contributed by atoms with Crippen molar-refractivity contribution < 1.29 is 9.90 Å². The molecule has 0 bridgehead atoms. The van der Waals surface area contributed by atoms with Gasteiger partial charge in [0.15, 0.2) is 0 Å². The molecule has 0 saturated heterocycles. The van der Waals surface area contributed by atoms with Crippen LogP contribution in [-0.4, -0.2) is 42.7 Å². The lowest BCUT2D eigenvalue weighted by Crippen LogP contribution is -2.19. The van der Waals surface area contributed by atoms with Crippen molar-refractivity contribution in [3.63, 3.8) is 0 Å². The Hall–Kier alpha value is -0.610. The number of carbonyl (C=O) groups is 1. The molecule has 0 aromatic heterocycles. The summed E-state index contributed by atoms with van der Waals surface area (Å²) in [4.78, 5) is 12.6. The second-order valence-electron chi connectivity index (χ2n) is 24.7. The van der Waals surface area contributed by atoms with Gasteiger partial charge in [-0.15, -0.1) is 0 Å². The van der Waals surface area contributed by atoms with Crippen molar-refractivity contribution in [3.8, 4) is 0 Å². The van der Waals surface area contributed by atoms with Crippen molar-refractivity contribution in [3.05, 3.63) is 0 Å². The number of carboxylic acid groups (broad SMARTS) is 1. The zero-order valence-electron chi connectivity index (χ0n) is 53.5. The molecule has 0 amide bonds. The highest BCUT2D eigenvalue weighted by atomic mass is 16.4. The average molecular weight is 1060 g/mol. The molecule has 0 aliphatic heterocycles. The molecule has 0 aromatic carbocycles. The molecule has 0 unspecified atom stereocenters. The first-order chi connectivity index (χ1) is 36.8. The number of carboxylic acids is 1. The number of hydrogen-bond acceptors (Lipinski definition) is 3. The molecule has 75 heavy (non-hydrogen) atoms. The van der Waals surface area contributed by atoms with Gasteiger partial charge in [0, 0.05) is 12.5 Å². The Morgan fingerprint density at radius 1 is 0.280 bits per heavy atom. The van der Waals surface area contributed by atoms with Crippen LogP contribution in [0, 0.1) is 0 Å². The van der Waals surface area contributed by atoms with Crippen LogP contribution >= 0.6 is 0 Å². The van der Waals surface area contributed by atoms with Crippen molar-refractivity contribution >= 4 is 5.97 Å². The van der Waals surface area contributed by atoms with Gasteiger partial charge in [0.1, 0.15) is 0 Å². The summed E-state index contributed by atoms with van der Waals surface area (Å²) in [6.45, 7) is 10.4. The van der Waals surface area contributed by atoms with Crippen LogP contribution in [0.2, 0.25) is 0 Å². The Morgan fingerprint density at radius 3 is 0.613 bits per heavy atom. The predicted octanol–water partition coefficient (Wildman–Crippen LogP) is 25.2. The lowest BCUT2D eigenvalue weighted by Gasteiger charge is -2.11. The quantitative estimate of drug-likeness (QED) is 0.0596. The van der Waals surface area contributed by atoms with Crippen molar-refractivity contribution in [1.29, 1.82) is 0 Å². The number of hydrogen-bond donors (Lipinski definition) is 2. The molecular weight excluding hydrogens is 913 g/mol. The van der Waals surface area contributed by atoms with Gasteiger partial charge in [0.05, 0.1) is 0 Å². The number of unbranched alkanes of at least 4 members (excludes halogenated alkanes) is 55. The van der Waals surface area contributed by atoms with E-state index < -0.39 is 5.97 Å². The molecule has 4 heteroatoms. The van der Waals surface area contributed by atoms with Crippen LogP contribution in [0.1, 0.15) is 426 Å². The molecule has 4 nitrogen and oxygen atoms in total. The smallest absolute Gasteiger partial charge is 0.303 e. The van der Waals surface area contributed by atoms with Crippen LogP contribution in [0.25, 0.3) is 0 Å². The Bertz CT molecular complexity index is 919. The van der Waals surface area contributed by atoms with Gasteiger partial charge < -0.3 is 15.7 Å². The molecule has 0 spiro atoms. The summed E-state index contributed by atoms with van der Waals surface area (Å²) in [5.41, 5.74) is 6.39. The van der Waals surface area contributed by atoms with Gasteiger partial charge in [-0.1, -0.05) is 394 Å². The van der Waals surface area contributed by atoms with Crippen molar-refractivity contribution in [1.82, 2.24) is 4.90 Å². The van der Waals surface area contributed by atoms with E-state index in [0.29, 0.717) is 12.5 Å². The maximum absolute atomic E-state index is 10.3. The van der Waals surface area contributed by atoms with Crippen LogP contribution in [0.15, 0.2) is 0 Å². The van der Waals surface area contributed by atoms with E-state index in [2.05, 4.69) is 46.7 Å². The fourth-order valence-electron chi connectivity index (χ4n) is 11.0. The Morgan fingerprint density at radius 2 is 0.440 bits per heavy atom. The molecule has 3 N–H and O–H groups in total. The van der Waals surface area contributed by atoms with Crippen molar-refractivity contribution in [2.24, 2.45) is 5.73 Å². The van der Waals surface area contributed by atoms with Crippen molar-refractivity contribution in [2.45, 2.75) is 432 Å². The molecule has 0 rings (SSSR count). The van der Waals surface area contributed by atoms with Gasteiger partial charge in [-0.3, -0.25) is 4.79 Å². The van der Waals surface area contributed by atoms with E-state index in [1.54, 1.807) is 0 Å². The molecule has 0 fully saturated rings. The molecule has 0 heterocycles. The molecule has 0 aliphatic rings. The van der Waals surface area contributed by atoms with Crippen LogP contribution in [0.5, 0.6) is 0 Å². The molecule has 0 saturated carbocycles. The maximum atomic E-state index is 10.3. The summed E-state index contributed by atoms with van der Waals surface area (Å²) in [7, 11) is 4.34. The highest BCUT2D eigenvalue weighted by Gasteiger charge is 2.04. The highest BCUT2D eigenvalue weighted by Crippen LogP contribution is 2.19. The first-order valence-electron chi connectivity index (χ1n) is 35.5. The van der Waals surface area contributed by atoms with Gasteiger partial charge in [0.25, 0.3) is 0 Å². The SMILES string of the molecule is CCCCCCCCCCCCCC(=O)O.CCCCCCCCCCCCCCCCCCC(N)CCCCCCCCCCCCCCCCCC.CCCCCCCCCCCCCCCCCCN(C)C. The summed E-state index contributed by atoms with van der Waals surface area (Å²) >= 11 is 0. The van der Waals surface area contributed by atoms with E-state index in [1.165, 1.54) is 385 Å². The summed E-state index contributed by atoms with van der Waals surface area (Å²) in [6, 6.07) is 0.466. The van der Waals surface area contributed by atoms with E-state index in [0.717, 1.165) is 12.8 Å².